The highest BCUT2D eigenvalue weighted by molar-refractivity contribution is 9.10. The lowest BCUT2D eigenvalue weighted by molar-refractivity contribution is -0.124. The van der Waals surface area contributed by atoms with Gasteiger partial charge in [-0.3, -0.25) is 9.59 Å². The van der Waals surface area contributed by atoms with Crippen LogP contribution in [-0.4, -0.2) is 18.4 Å². The molecule has 2 rings (SSSR count). The number of aryl methyl sites for hydroxylation is 4. The van der Waals surface area contributed by atoms with Gasteiger partial charge in [0.15, 0.2) is 0 Å². The van der Waals surface area contributed by atoms with Crippen molar-refractivity contribution >= 4 is 33.4 Å². The van der Waals surface area contributed by atoms with E-state index in [-0.39, 0.29) is 18.4 Å². The summed E-state index contributed by atoms with van der Waals surface area (Å²) in [4.78, 5) is 24.1. The van der Waals surface area contributed by atoms with Gasteiger partial charge in [0, 0.05) is 16.6 Å². The lowest BCUT2D eigenvalue weighted by Crippen LogP contribution is -2.33. The fourth-order valence-electron chi connectivity index (χ4n) is 3.09. The monoisotopic (exact) mass is 430 g/mol. The van der Waals surface area contributed by atoms with Crippen LogP contribution in [0.2, 0.25) is 0 Å². The van der Waals surface area contributed by atoms with E-state index in [1.807, 2.05) is 45.0 Å². The predicted molar refractivity (Wildman–Crippen MR) is 114 cm³/mol. The highest BCUT2D eigenvalue weighted by Gasteiger charge is 2.10. The van der Waals surface area contributed by atoms with Gasteiger partial charge in [-0.25, -0.2) is 0 Å². The summed E-state index contributed by atoms with van der Waals surface area (Å²) < 4.78 is 1.07. The Morgan fingerprint density at radius 2 is 1.56 bits per heavy atom. The number of rotatable bonds is 8. The Balaban J connectivity index is 1.67. The van der Waals surface area contributed by atoms with Crippen LogP contribution < -0.4 is 10.6 Å². The molecule has 0 aliphatic heterocycles. The maximum atomic E-state index is 12.1. The Bertz CT molecular complexity index is 777. The van der Waals surface area contributed by atoms with Crippen LogP contribution in [0.5, 0.6) is 0 Å². The third-order valence-corrected chi connectivity index (χ3v) is 4.95. The smallest absolute Gasteiger partial charge is 0.243 e. The Kier molecular flexibility index (Phi) is 8.04. The first kappa shape index (κ1) is 21.2. The van der Waals surface area contributed by atoms with Gasteiger partial charge in [-0.2, -0.15) is 0 Å². The number of carbonyl (C=O) groups is 2. The van der Waals surface area contributed by atoms with E-state index in [0.717, 1.165) is 40.5 Å². The van der Waals surface area contributed by atoms with E-state index < -0.39 is 0 Å². The molecule has 0 saturated heterocycles. The van der Waals surface area contributed by atoms with Crippen LogP contribution in [0, 0.1) is 20.8 Å². The minimum absolute atomic E-state index is 0.00168. The fourth-order valence-corrected chi connectivity index (χ4v) is 3.36. The lowest BCUT2D eigenvalue weighted by Gasteiger charge is -2.13. The molecular formula is C22H27BrN2O2. The second-order valence-corrected chi connectivity index (χ2v) is 7.85. The molecule has 0 atom stereocenters. The van der Waals surface area contributed by atoms with E-state index in [9.17, 15) is 9.59 Å². The summed E-state index contributed by atoms with van der Waals surface area (Å²) in [6, 6.07) is 12.3. The molecule has 0 fully saturated rings. The Labute approximate surface area is 169 Å². The number of nitrogens with one attached hydrogen (secondary N) is 2. The van der Waals surface area contributed by atoms with Crippen LogP contribution in [0.15, 0.2) is 40.9 Å². The third-order valence-electron chi connectivity index (χ3n) is 4.42. The van der Waals surface area contributed by atoms with Crippen molar-refractivity contribution in [2.45, 2.75) is 46.5 Å². The summed E-state index contributed by atoms with van der Waals surface area (Å²) in [6.45, 7) is 5.97. The first-order valence-corrected chi connectivity index (χ1v) is 10.0. The molecule has 2 amide bonds. The van der Waals surface area contributed by atoms with E-state index in [0.29, 0.717) is 6.42 Å². The summed E-state index contributed by atoms with van der Waals surface area (Å²) in [5.41, 5.74) is 5.32. The standard InChI is InChI=1S/C22H27BrN2O2/c1-15-12-16(2)22(17(3)13-15)25-21(27)14-24-20(26)7-5-4-6-18-8-10-19(23)11-9-18/h8-13H,4-7,14H2,1-3H3,(H,24,26)(H,25,27). The molecule has 27 heavy (non-hydrogen) atoms. The average Bonchev–Trinajstić information content (AvgIpc) is 2.61. The summed E-state index contributed by atoms with van der Waals surface area (Å²) in [6.07, 6.45) is 3.14. The van der Waals surface area contributed by atoms with Gasteiger partial charge in [-0.1, -0.05) is 45.8 Å². The molecule has 0 radical (unpaired) electrons. The molecule has 144 valence electrons. The van der Waals surface area contributed by atoms with Gasteiger partial charge < -0.3 is 10.6 Å². The summed E-state index contributed by atoms with van der Waals surface area (Å²) in [5.74, 6) is -0.286. The van der Waals surface area contributed by atoms with E-state index in [4.69, 9.17) is 0 Å². The minimum Gasteiger partial charge on any atom is -0.347 e. The van der Waals surface area contributed by atoms with Crippen molar-refractivity contribution in [2.75, 3.05) is 11.9 Å². The Morgan fingerprint density at radius 3 is 2.19 bits per heavy atom. The molecule has 0 heterocycles. The normalized spacial score (nSPS) is 10.5. The van der Waals surface area contributed by atoms with E-state index in [1.165, 1.54) is 11.1 Å². The molecule has 4 nitrogen and oxygen atoms in total. The number of anilines is 1. The molecule has 2 N–H and O–H groups in total. The van der Waals surface area contributed by atoms with Gasteiger partial charge in [-0.15, -0.1) is 0 Å². The minimum atomic E-state index is -0.201. The van der Waals surface area contributed by atoms with Crippen molar-refractivity contribution < 1.29 is 9.59 Å². The largest absolute Gasteiger partial charge is 0.347 e. The summed E-state index contributed by atoms with van der Waals surface area (Å²) >= 11 is 3.42. The van der Waals surface area contributed by atoms with Crippen molar-refractivity contribution in [2.24, 2.45) is 0 Å². The van der Waals surface area contributed by atoms with Gasteiger partial charge >= 0.3 is 0 Å². The molecule has 0 unspecified atom stereocenters. The van der Waals surface area contributed by atoms with E-state index >= 15 is 0 Å². The number of hydrogen-bond acceptors (Lipinski definition) is 2. The van der Waals surface area contributed by atoms with Crippen LogP contribution >= 0.6 is 15.9 Å². The van der Waals surface area contributed by atoms with Gasteiger partial charge in [-0.05, 0) is 68.9 Å². The van der Waals surface area contributed by atoms with Crippen LogP contribution in [0.3, 0.4) is 0 Å². The van der Waals surface area contributed by atoms with Crippen LogP contribution in [0.1, 0.15) is 41.5 Å². The van der Waals surface area contributed by atoms with Gasteiger partial charge in [0.05, 0.1) is 6.54 Å². The number of hydrogen-bond donors (Lipinski definition) is 2. The Hall–Kier alpha value is -2.14. The molecule has 2 aromatic rings. The van der Waals surface area contributed by atoms with Crippen molar-refractivity contribution in [1.82, 2.24) is 5.32 Å². The molecule has 0 aromatic heterocycles. The molecule has 0 saturated carbocycles. The second-order valence-electron chi connectivity index (χ2n) is 6.93. The summed E-state index contributed by atoms with van der Waals surface area (Å²) in [7, 11) is 0. The first-order valence-electron chi connectivity index (χ1n) is 9.24. The number of halogens is 1. The zero-order valence-electron chi connectivity index (χ0n) is 16.2. The van der Waals surface area contributed by atoms with Crippen LogP contribution in [0.25, 0.3) is 0 Å². The SMILES string of the molecule is Cc1cc(C)c(NC(=O)CNC(=O)CCCCc2ccc(Br)cc2)c(C)c1. The number of carbonyl (C=O) groups excluding carboxylic acids is 2. The number of benzene rings is 2. The van der Waals surface area contributed by atoms with Gasteiger partial charge in [0.25, 0.3) is 0 Å². The molecule has 0 aliphatic rings. The second kappa shape index (κ2) is 10.3. The highest BCUT2D eigenvalue weighted by Crippen LogP contribution is 2.21. The van der Waals surface area contributed by atoms with E-state index in [2.05, 4.69) is 38.7 Å². The molecule has 0 spiro atoms. The quantitative estimate of drug-likeness (QED) is 0.588. The van der Waals surface area contributed by atoms with Crippen molar-refractivity contribution in [1.29, 1.82) is 0 Å². The molecule has 2 aromatic carbocycles. The first-order chi connectivity index (χ1) is 12.8. The summed E-state index contributed by atoms with van der Waals surface area (Å²) in [5, 5.41) is 5.60. The highest BCUT2D eigenvalue weighted by atomic mass is 79.9. The average molecular weight is 431 g/mol. The number of amides is 2. The third kappa shape index (κ3) is 7.18. The molecular weight excluding hydrogens is 404 g/mol. The molecule has 0 bridgehead atoms. The maximum absolute atomic E-state index is 12.1. The molecule has 0 aliphatic carbocycles. The topological polar surface area (TPSA) is 58.2 Å². The zero-order chi connectivity index (χ0) is 19.8. The van der Waals surface area contributed by atoms with Crippen LogP contribution in [-0.2, 0) is 16.0 Å². The zero-order valence-corrected chi connectivity index (χ0v) is 17.8. The van der Waals surface area contributed by atoms with Crippen LogP contribution in [0.4, 0.5) is 5.69 Å². The van der Waals surface area contributed by atoms with Gasteiger partial charge in [0.1, 0.15) is 0 Å². The lowest BCUT2D eigenvalue weighted by atomic mass is 10.1. The fraction of sp³-hybridized carbons (Fsp3) is 0.364. The van der Waals surface area contributed by atoms with Gasteiger partial charge in [0.2, 0.25) is 11.8 Å². The van der Waals surface area contributed by atoms with Crippen molar-refractivity contribution in [3.05, 3.63) is 63.1 Å². The number of unbranched alkanes of at least 4 members (excludes halogenated alkanes) is 1. The molecule has 5 heteroatoms. The maximum Gasteiger partial charge on any atom is 0.243 e. The van der Waals surface area contributed by atoms with Crippen molar-refractivity contribution in [3.63, 3.8) is 0 Å². The Morgan fingerprint density at radius 1 is 0.926 bits per heavy atom. The van der Waals surface area contributed by atoms with Crippen molar-refractivity contribution in [3.8, 4) is 0 Å². The predicted octanol–water partition coefficient (Wildman–Crippen LogP) is 4.84. The van der Waals surface area contributed by atoms with E-state index in [1.54, 1.807) is 0 Å².